The van der Waals surface area contributed by atoms with E-state index in [0.717, 1.165) is 50.9 Å². The number of amides is 1. The topological polar surface area (TPSA) is 81.6 Å². The number of nitrogens with zero attached hydrogens (tertiary/aromatic N) is 1. The maximum atomic E-state index is 11.4. The van der Waals surface area contributed by atoms with Gasteiger partial charge in [0.1, 0.15) is 5.75 Å². The molecule has 20 heavy (non-hydrogen) atoms. The molecule has 1 fully saturated rings. The van der Waals surface area contributed by atoms with Crippen molar-refractivity contribution in [3.8, 4) is 5.75 Å². The lowest BCUT2D eigenvalue weighted by Gasteiger charge is -2.15. The first-order valence-electron chi connectivity index (χ1n) is 7.22. The van der Waals surface area contributed by atoms with Gasteiger partial charge in [-0.25, -0.2) is 0 Å². The Bertz CT molecular complexity index is 442. The Morgan fingerprint density at radius 1 is 1.10 bits per heavy atom. The van der Waals surface area contributed by atoms with Crippen LogP contribution < -0.4 is 16.2 Å². The van der Waals surface area contributed by atoms with E-state index in [4.69, 9.17) is 16.2 Å². The van der Waals surface area contributed by atoms with E-state index in [0.29, 0.717) is 23.9 Å². The number of carbonyl (C=O) groups excluding carboxylic acids is 1. The first-order valence-corrected chi connectivity index (χ1v) is 7.22. The molecule has 1 saturated heterocycles. The molecule has 0 saturated carbocycles. The SMILES string of the molecule is Nc1cc(N)cc(OCCCCCN2CCCC2=O)c1. The highest BCUT2D eigenvalue weighted by Crippen LogP contribution is 2.20. The Morgan fingerprint density at radius 3 is 2.50 bits per heavy atom. The number of rotatable bonds is 7. The van der Waals surface area contributed by atoms with Crippen molar-refractivity contribution in [3.05, 3.63) is 18.2 Å². The van der Waals surface area contributed by atoms with Gasteiger partial charge >= 0.3 is 0 Å². The summed E-state index contributed by atoms with van der Waals surface area (Å²) in [5, 5.41) is 0. The van der Waals surface area contributed by atoms with Gasteiger partial charge in [-0.15, -0.1) is 0 Å². The zero-order valence-electron chi connectivity index (χ0n) is 11.8. The number of ether oxygens (including phenoxy) is 1. The summed E-state index contributed by atoms with van der Waals surface area (Å²) in [6.07, 6.45) is 4.80. The molecule has 0 aromatic heterocycles. The Kier molecular flexibility index (Phi) is 5.09. The van der Waals surface area contributed by atoms with Gasteiger partial charge in [-0.3, -0.25) is 4.79 Å². The van der Waals surface area contributed by atoms with Crippen LogP contribution in [0.4, 0.5) is 11.4 Å². The fourth-order valence-electron chi connectivity index (χ4n) is 2.44. The van der Waals surface area contributed by atoms with Crippen molar-refractivity contribution in [2.75, 3.05) is 31.2 Å². The highest BCUT2D eigenvalue weighted by molar-refractivity contribution is 5.77. The van der Waals surface area contributed by atoms with E-state index < -0.39 is 0 Å². The number of unbranched alkanes of at least 4 members (excludes halogenated alkanes) is 2. The summed E-state index contributed by atoms with van der Waals surface area (Å²) < 4.78 is 5.62. The summed E-state index contributed by atoms with van der Waals surface area (Å²) in [5.74, 6) is 1.02. The molecule has 0 unspecified atom stereocenters. The third-order valence-electron chi connectivity index (χ3n) is 3.46. The van der Waals surface area contributed by atoms with E-state index in [9.17, 15) is 4.79 Å². The molecule has 0 radical (unpaired) electrons. The van der Waals surface area contributed by atoms with Gasteiger partial charge in [-0.2, -0.15) is 0 Å². The van der Waals surface area contributed by atoms with Crippen LogP contribution in [0, 0.1) is 0 Å². The van der Waals surface area contributed by atoms with Crippen molar-refractivity contribution in [3.63, 3.8) is 0 Å². The van der Waals surface area contributed by atoms with Crippen molar-refractivity contribution in [2.24, 2.45) is 0 Å². The highest BCUT2D eigenvalue weighted by Gasteiger charge is 2.18. The summed E-state index contributed by atoms with van der Waals surface area (Å²) in [5.41, 5.74) is 12.6. The molecule has 0 atom stereocenters. The van der Waals surface area contributed by atoms with Gasteiger partial charge in [-0.1, -0.05) is 0 Å². The molecule has 0 aliphatic carbocycles. The Labute approximate surface area is 119 Å². The van der Waals surface area contributed by atoms with Gasteiger partial charge in [0.2, 0.25) is 5.91 Å². The monoisotopic (exact) mass is 277 g/mol. The molecular weight excluding hydrogens is 254 g/mol. The number of hydrogen-bond acceptors (Lipinski definition) is 4. The van der Waals surface area contributed by atoms with Crippen molar-refractivity contribution in [1.29, 1.82) is 0 Å². The van der Waals surface area contributed by atoms with Crippen LogP contribution in [-0.4, -0.2) is 30.5 Å². The predicted molar refractivity (Wildman–Crippen MR) is 80.4 cm³/mol. The Hall–Kier alpha value is -1.91. The van der Waals surface area contributed by atoms with Crippen LogP contribution in [0.15, 0.2) is 18.2 Å². The molecule has 5 heteroatoms. The van der Waals surface area contributed by atoms with Crippen LogP contribution in [0.3, 0.4) is 0 Å². The van der Waals surface area contributed by atoms with Gasteiger partial charge in [0.15, 0.2) is 0 Å². The number of likely N-dealkylation sites (tertiary alicyclic amines) is 1. The predicted octanol–water partition coefficient (Wildman–Crippen LogP) is 2.02. The largest absolute Gasteiger partial charge is 0.493 e. The number of benzene rings is 1. The maximum Gasteiger partial charge on any atom is 0.222 e. The number of nitrogens with two attached hydrogens (primary N) is 2. The quantitative estimate of drug-likeness (QED) is 0.590. The molecule has 5 nitrogen and oxygen atoms in total. The average molecular weight is 277 g/mol. The molecular formula is C15H23N3O2. The summed E-state index contributed by atoms with van der Waals surface area (Å²) in [4.78, 5) is 13.4. The summed E-state index contributed by atoms with van der Waals surface area (Å²) in [7, 11) is 0. The van der Waals surface area contributed by atoms with Gasteiger partial charge in [-0.05, 0) is 31.7 Å². The molecule has 110 valence electrons. The number of hydrogen-bond donors (Lipinski definition) is 2. The second-order valence-corrected chi connectivity index (χ2v) is 5.23. The lowest BCUT2D eigenvalue weighted by Crippen LogP contribution is -2.25. The van der Waals surface area contributed by atoms with Crippen LogP contribution >= 0.6 is 0 Å². The van der Waals surface area contributed by atoms with E-state index in [-0.39, 0.29) is 0 Å². The van der Waals surface area contributed by atoms with Crippen LogP contribution in [-0.2, 0) is 4.79 Å². The van der Waals surface area contributed by atoms with Crippen LogP contribution in [0.1, 0.15) is 32.1 Å². The second-order valence-electron chi connectivity index (χ2n) is 5.23. The fourth-order valence-corrected chi connectivity index (χ4v) is 2.44. The van der Waals surface area contributed by atoms with Gasteiger partial charge in [0.05, 0.1) is 6.61 Å². The molecule has 1 heterocycles. The Balaban J connectivity index is 1.58. The fraction of sp³-hybridized carbons (Fsp3) is 0.533. The van der Waals surface area contributed by atoms with Crippen LogP contribution in [0.2, 0.25) is 0 Å². The van der Waals surface area contributed by atoms with Crippen LogP contribution in [0.5, 0.6) is 5.75 Å². The number of nitrogen functional groups attached to an aromatic ring is 2. The van der Waals surface area contributed by atoms with E-state index in [1.165, 1.54) is 0 Å². The molecule has 2 rings (SSSR count). The van der Waals surface area contributed by atoms with E-state index in [1.807, 2.05) is 4.90 Å². The smallest absolute Gasteiger partial charge is 0.222 e. The first kappa shape index (κ1) is 14.5. The summed E-state index contributed by atoms with van der Waals surface area (Å²) >= 11 is 0. The van der Waals surface area contributed by atoms with Gasteiger partial charge < -0.3 is 21.1 Å². The van der Waals surface area contributed by atoms with Crippen molar-refractivity contribution in [2.45, 2.75) is 32.1 Å². The molecule has 1 amide bonds. The first-order chi connectivity index (χ1) is 9.65. The van der Waals surface area contributed by atoms with E-state index in [1.54, 1.807) is 18.2 Å². The molecule has 1 aliphatic heterocycles. The maximum absolute atomic E-state index is 11.4. The van der Waals surface area contributed by atoms with E-state index >= 15 is 0 Å². The normalized spacial score (nSPS) is 14.8. The van der Waals surface area contributed by atoms with Gasteiger partial charge in [0, 0.05) is 43.0 Å². The molecule has 0 bridgehead atoms. The van der Waals surface area contributed by atoms with Gasteiger partial charge in [0.25, 0.3) is 0 Å². The third kappa shape index (κ3) is 4.33. The van der Waals surface area contributed by atoms with Crippen LogP contribution in [0.25, 0.3) is 0 Å². The average Bonchev–Trinajstić information content (AvgIpc) is 2.78. The van der Waals surface area contributed by atoms with Crippen molar-refractivity contribution >= 4 is 17.3 Å². The third-order valence-corrected chi connectivity index (χ3v) is 3.46. The summed E-state index contributed by atoms with van der Waals surface area (Å²) in [6.45, 7) is 2.46. The standard InChI is InChI=1S/C15H23N3O2/c16-12-9-13(17)11-14(10-12)20-8-3-1-2-6-18-7-4-5-15(18)19/h9-11H,1-8,16-17H2. The Morgan fingerprint density at radius 2 is 1.85 bits per heavy atom. The van der Waals surface area contributed by atoms with E-state index in [2.05, 4.69) is 0 Å². The lowest BCUT2D eigenvalue weighted by molar-refractivity contribution is -0.127. The zero-order valence-corrected chi connectivity index (χ0v) is 11.8. The molecule has 1 aromatic rings. The number of carbonyl (C=O) groups is 1. The molecule has 1 aliphatic rings. The second kappa shape index (κ2) is 7.03. The minimum Gasteiger partial charge on any atom is -0.493 e. The lowest BCUT2D eigenvalue weighted by atomic mass is 10.2. The molecule has 0 spiro atoms. The minimum absolute atomic E-state index is 0.302. The summed E-state index contributed by atoms with van der Waals surface area (Å²) in [6, 6.07) is 5.26. The number of anilines is 2. The molecule has 1 aromatic carbocycles. The minimum atomic E-state index is 0.302. The zero-order chi connectivity index (χ0) is 14.4. The van der Waals surface area contributed by atoms with Crippen molar-refractivity contribution < 1.29 is 9.53 Å². The van der Waals surface area contributed by atoms with Crippen molar-refractivity contribution in [1.82, 2.24) is 4.90 Å². The molecule has 4 N–H and O–H groups in total. The highest BCUT2D eigenvalue weighted by atomic mass is 16.5.